The van der Waals surface area contributed by atoms with E-state index in [0.717, 1.165) is 29.9 Å². The average Bonchev–Trinajstić information content (AvgIpc) is 2.91. The summed E-state index contributed by atoms with van der Waals surface area (Å²) in [5, 5.41) is 10.6. The van der Waals surface area contributed by atoms with Crippen LogP contribution in [0.1, 0.15) is 51.0 Å². The summed E-state index contributed by atoms with van der Waals surface area (Å²) in [5.41, 5.74) is 1.15. The fourth-order valence-electron chi connectivity index (χ4n) is 5.40. The fourth-order valence-corrected chi connectivity index (χ4v) is 5.40. The molecule has 1 aromatic rings. The number of hydrogen-bond acceptors (Lipinski definition) is 2. The first-order valence-corrected chi connectivity index (χ1v) is 8.71. The number of hydrogen-bond donors (Lipinski definition) is 2. The molecular formula is C17H26N4O. The molecule has 0 aliphatic heterocycles. The van der Waals surface area contributed by atoms with E-state index in [4.69, 9.17) is 0 Å². The Morgan fingerprint density at radius 3 is 2.45 bits per heavy atom. The summed E-state index contributed by atoms with van der Waals surface area (Å²) in [5.74, 6) is 2.57. The van der Waals surface area contributed by atoms with Gasteiger partial charge in [0.05, 0.1) is 6.20 Å². The highest BCUT2D eigenvalue weighted by molar-refractivity contribution is 5.74. The minimum atomic E-state index is -0.00815. The Bertz CT molecular complexity index is 529. The summed E-state index contributed by atoms with van der Waals surface area (Å²) in [4.78, 5) is 12.3. The molecule has 1 heterocycles. The number of amides is 2. The Balaban J connectivity index is 1.34. The summed E-state index contributed by atoms with van der Waals surface area (Å²) in [6.07, 6.45) is 11.6. The van der Waals surface area contributed by atoms with Gasteiger partial charge in [0.15, 0.2) is 0 Å². The molecule has 0 unspecified atom stereocenters. The Morgan fingerprint density at radius 2 is 1.91 bits per heavy atom. The van der Waals surface area contributed by atoms with E-state index >= 15 is 0 Å². The number of urea groups is 1. The van der Waals surface area contributed by atoms with E-state index in [1.807, 2.05) is 17.1 Å². The summed E-state index contributed by atoms with van der Waals surface area (Å²) in [6.45, 7) is 3.47. The third kappa shape index (κ3) is 2.61. The molecule has 4 bridgehead atoms. The zero-order valence-electron chi connectivity index (χ0n) is 13.3. The second kappa shape index (κ2) is 5.28. The number of nitrogens with one attached hydrogen (secondary N) is 2. The molecular weight excluding hydrogens is 276 g/mol. The topological polar surface area (TPSA) is 59.0 Å². The van der Waals surface area contributed by atoms with Crippen LogP contribution in [0.4, 0.5) is 4.79 Å². The van der Waals surface area contributed by atoms with Gasteiger partial charge in [0.25, 0.3) is 0 Å². The van der Waals surface area contributed by atoms with Crippen LogP contribution in [0.2, 0.25) is 0 Å². The van der Waals surface area contributed by atoms with Crippen molar-refractivity contribution in [2.45, 2.75) is 64.1 Å². The molecule has 120 valence electrons. The van der Waals surface area contributed by atoms with Crippen molar-refractivity contribution in [2.24, 2.45) is 17.8 Å². The Morgan fingerprint density at radius 1 is 1.27 bits per heavy atom. The molecule has 4 fully saturated rings. The van der Waals surface area contributed by atoms with Crippen molar-refractivity contribution in [3.63, 3.8) is 0 Å². The smallest absolute Gasteiger partial charge is 0.315 e. The van der Waals surface area contributed by atoms with E-state index in [0.29, 0.717) is 6.54 Å². The summed E-state index contributed by atoms with van der Waals surface area (Å²) in [6, 6.07) is -0.00815. The van der Waals surface area contributed by atoms with Crippen LogP contribution in [0.5, 0.6) is 0 Å². The molecule has 0 spiro atoms. The lowest BCUT2D eigenvalue weighted by atomic mass is 9.53. The lowest BCUT2D eigenvalue weighted by molar-refractivity contribution is -0.0135. The van der Waals surface area contributed by atoms with Crippen LogP contribution in [0.25, 0.3) is 0 Å². The van der Waals surface area contributed by atoms with Gasteiger partial charge in [0, 0.05) is 30.4 Å². The van der Waals surface area contributed by atoms with Crippen molar-refractivity contribution in [1.82, 2.24) is 20.4 Å². The number of rotatable bonds is 4. The second-order valence-corrected chi connectivity index (χ2v) is 7.71. The predicted octanol–water partition coefficient (Wildman–Crippen LogP) is 2.67. The predicted molar refractivity (Wildman–Crippen MR) is 84.2 cm³/mol. The van der Waals surface area contributed by atoms with Crippen molar-refractivity contribution < 1.29 is 4.79 Å². The van der Waals surface area contributed by atoms with Gasteiger partial charge in [-0.3, -0.25) is 4.68 Å². The van der Waals surface area contributed by atoms with Crippen molar-refractivity contribution in [3.05, 3.63) is 18.0 Å². The summed E-state index contributed by atoms with van der Waals surface area (Å²) in [7, 11) is 0. The quantitative estimate of drug-likeness (QED) is 0.898. The van der Waals surface area contributed by atoms with Gasteiger partial charge in [-0.1, -0.05) is 0 Å². The van der Waals surface area contributed by atoms with Gasteiger partial charge in [0.1, 0.15) is 0 Å². The van der Waals surface area contributed by atoms with Crippen LogP contribution in [0.15, 0.2) is 12.4 Å². The van der Waals surface area contributed by atoms with Gasteiger partial charge in [-0.05, 0) is 63.2 Å². The molecule has 4 aliphatic rings. The molecule has 0 saturated heterocycles. The normalized spacial score (nSPS) is 35.6. The summed E-state index contributed by atoms with van der Waals surface area (Å²) < 4.78 is 1.88. The molecule has 4 saturated carbocycles. The highest BCUT2D eigenvalue weighted by Gasteiger charge is 2.51. The molecule has 2 N–H and O–H groups in total. The minimum absolute atomic E-state index is 0.00815. The minimum Gasteiger partial charge on any atom is -0.334 e. The number of aromatic nitrogens is 2. The number of carbonyl (C=O) groups excluding carboxylic acids is 1. The van der Waals surface area contributed by atoms with E-state index in [2.05, 4.69) is 22.7 Å². The Kier molecular flexibility index (Phi) is 3.39. The lowest BCUT2D eigenvalue weighted by Crippen LogP contribution is -2.61. The van der Waals surface area contributed by atoms with Gasteiger partial charge in [-0.2, -0.15) is 5.10 Å². The standard InChI is InChI=1S/C17H26N4O/c1-2-21-11-15(10-19-21)9-18-16(22)20-17-6-12-3-13(7-17)5-14(4-12)8-17/h10-14H,2-9H2,1H3,(H2,18,20,22). The maximum absolute atomic E-state index is 12.3. The van der Waals surface area contributed by atoms with Gasteiger partial charge in [0.2, 0.25) is 0 Å². The third-order valence-electron chi connectivity index (χ3n) is 5.88. The zero-order valence-corrected chi connectivity index (χ0v) is 13.3. The van der Waals surface area contributed by atoms with Gasteiger partial charge in [-0.25, -0.2) is 4.79 Å². The van der Waals surface area contributed by atoms with Crippen LogP contribution in [0.3, 0.4) is 0 Å². The van der Waals surface area contributed by atoms with E-state index in [9.17, 15) is 4.79 Å². The van der Waals surface area contributed by atoms with E-state index in [1.165, 1.54) is 38.5 Å². The van der Waals surface area contributed by atoms with Crippen LogP contribution in [-0.2, 0) is 13.1 Å². The number of carbonyl (C=O) groups is 1. The molecule has 4 aliphatic carbocycles. The Labute approximate surface area is 131 Å². The van der Waals surface area contributed by atoms with E-state index < -0.39 is 0 Å². The van der Waals surface area contributed by atoms with Crippen molar-refractivity contribution in [3.8, 4) is 0 Å². The highest BCUT2D eigenvalue weighted by Crippen LogP contribution is 2.55. The highest BCUT2D eigenvalue weighted by atomic mass is 16.2. The van der Waals surface area contributed by atoms with Gasteiger partial charge in [-0.15, -0.1) is 0 Å². The molecule has 1 aromatic heterocycles. The number of aryl methyl sites for hydroxylation is 1. The van der Waals surface area contributed by atoms with Crippen LogP contribution < -0.4 is 10.6 Å². The average molecular weight is 302 g/mol. The van der Waals surface area contributed by atoms with Crippen LogP contribution in [0, 0.1) is 17.8 Å². The van der Waals surface area contributed by atoms with Crippen molar-refractivity contribution in [2.75, 3.05) is 0 Å². The van der Waals surface area contributed by atoms with Gasteiger partial charge >= 0.3 is 6.03 Å². The Hall–Kier alpha value is -1.52. The molecule has 0 aromatic carbocycles. The van der Waals surface area contributed by atoms with Crippen molar-refractivity contribution in [1.29, 1.82) is 0 Å². The molecule has 5 heteroatoms. The first-order chi connectivity index (χ1) is 10.6. The second-order valence-electron chi connectivity index (χ2n) is 7.71. The maximum Gasteiger partial charge on any atom is 0.315 e. The first-order valence-electron chi connectivity index (χ1n) is 8.71. The lowest BCUT2D eigenvalue weighted by Gasteiger charge is -2.56. The molecule has 22 heavy (non-hydrogen) atoms. The maximum atomic E-state index is 12.3. The van der Waals surface area contributed by atoms with Crippen LogP contribution >= 0.6 is 0 Å². The summed E-state index contributed by atoms with van der Waals surface area (Å²) >= 11 is 0. The van der Waals surface area contributed by atoms with Crippen LogP contribution in [-0.4, -0.2) is 21.4 Å². The first kappa shape index (κ1) is 14.1. The molecule has 0 radical (unpaired) electrons. The largest absolute Gasteiger partial charge is 0.334 e. The molecule has 0 atom stereocenters. The molecule has 5 nitrogen and oxygen atoms in total. The molecule has 5 rings (SSSR count). The fraction of sp³-hybridized carbons (Fsp3) is 0.765. The third-order valence-corrected chi connectivity index (χ3v) is 5.88. The van der Waals surface area contributed by atoms with E-state index in [1.54, 1.807) is 0 Å². The zero-order chi connectivity index (χ0) is 15.2. The molecule has 2 amide bonds. The van der Waals surface area contributed by atoms with E-state index in [-0.39, 0.29) is 11.6 Å². The monoisotopic (exact) mass is 302 g/mol. The van der Waals surface area contributed by atoms with Crippen molar-refractivity contribution >= 4 is 6.03 Å². The van der Waals surface area contributed by atoms with Gasteiger partial charge < -0.3 is 10.6 Å². The SMILES string of the molecule is CCn1cc(CNC(=O)NC23CC4CC(CC(C4)C2)C3)cn1. The number of nitrogens with zero attached hydrogens (tertiary/aromatic N) is 2.